The first-order chi connectivity index (χ1) is 11.1. The van der Waals surface area contributed by atoms with E-state index in [9.17, 15) is 9.59 Å². The maximum Gasteiger partial charge on any atom is 0.264 e. The summed E-state index contributed by atoms with van der Waals surface area (Å²) in [6, 6.07) is 1.99. The number of likely N-dealkylation sites (tertiary alicyclic amines) is 2. The van der Waals surface area contributed by atoms with E-state index in [1.165, 1.54) is 24.2 Å². The molecule has 2 saturated heterocycles. The summed E-state index contributed by atoms with van der Waals surface area (Å²) in [4.78, 5) is 30.6. The van der Waals surface area contributed by atoms with Crippen molar-refractivity contribution in [2.24, 2.45) is 11.3 Å². The Balaban J connectivity index is 1.48. The molecule has 1 aromatic rings. The van der Waals surface area contributed by atoms with Gasteiger partial charge in [-0.1, -0.05) is 0 Å². The molecule has 2 aliphatic heterocycles. The first-order valence-corrected chi connectivity index (χ1v) is 9.60. The first kappa shape index (κ1) is 15.2. The van der Waals surface area contributed by atoms with Crippen LogP contribution in [-0.4, -0.2) is 47.8 Å². The van der Waals surface area contributed by atoms with Crippen LogP contribution in [0.4, 0.5) is 0 Å². The van der Waals surface area contributed by atoms with Gasteiger partial charge in [-0.25, -0.2) is 0 Å². The summed E-state index contributed by atoms with van der Waals surface area (Å²) in [7, 11) is 0. The SMILES string of the molecule is Cc1ccsc1C(=O)N1CC[C@@]2(CCCN(CC3CC3)C2=O)C1. The van der Waals surface area contributed by atoms with E-state index in [-0.39, 0.29) is 11.3 Å². The van der Waals surface area contributed by atoms with Crippen LogP contribution in [-0.2, 0) is 4.79 Å². The average Bonchev–Trinajstić information content (AvgIpc) is 3.08. The van der Waals surface area contributed by atoms with Crippen molar-refractivity contribution in [1.82, 2.24) is 9.80 Å². The van der Waals surface area contributed by atoms with Crippen LogP contribution in [0.25, 0.3) is 0 Å². The van der Waals surface area contributed by atoms with Gasteiger partial charge in [0.05, 0.1) is 10.3 Å². The normalized spacial score (nSPS) is 28.0. The van der Waals surface area contributed by atoms with Crippen molar-refractivity contribution in [3.05, 3.63) is 21.9 Å². The molecule has 0 radical (unpaired) electrons. The summed E-state index contributed by atoms with van der Waals surface area (Å²) in [6.45, 7) is 5.18. The van der Waals surface area contributed by atoms with Gasteiger partial charge in [0.15, 0.2) is 0 Å². The molecule has 1 saturated carbocycles. The lowest BCUT2D eigenvalue weighted by atomic mass is 9.78. The number of rotatable bonds is 3. The van der Waals surface area contributed by atoms with Crippen LogP contribution in [0.15, 0.2) is 11.4 Å². The van der Waals surface area contributed by atoms with E-state index >= 15 is 0 Å². The van der Waals surface area contributed by atoms with Crippen molar-refractivity contribution < 1.29 is 9.59 Å². The van der Waals surface area contributed by atoms with Gasteiger partial charge >= 0.3 is 0 Å². The van der Waals surface area contributed by atoms with Crippen molar-refractivity contribution in [3.8, 4) is 0 Å². The Labute approximate surface area is 141 Å². The van der Waals surface area contributed by atoms with E-state index < -0.39 is 0 Å². The summed E-state index contributed by atoms with van der Waals surface area (Å²) >= 11 is 1.51. The molecule has 4 rings (SSSR count). The quantitative estimate of drug-likeness (QED) is 0.854. The maximum absolute atomic E-state index is 13.0. The molecule has 0 aromatic carbocycles. The fraction of sp³-hybridized carbons (Fsp3) is 0.667. The molecule has 1 aromatic heterocycles. The highest BCUT2D eigenvalue weighted by Gasteiger charge is 2.50. The minimum atomic E-state index is -0.298. The second kappa shape index (κ2) is 5.62. The first-order valence-electron chi connectivity index (χ1n) is 8.72. The van der Waals surface area contributed by atoms with Crippen LogP contribution in [0.2, 0.25) is 0 Å². The van der Waals surface area contributed by atoms with Crippen LogP contribution in [0.3, 0.4) is 0 Å². The van der Waals surface area contributed by atoms with Crippen LogP contribution >= 0.6 is 11.3 Å². The number of piperidine rings is 1. The van der Waals surface area contributed by atoms with E-state index in [4.69, 9.17) is 0 Å². The van der Waals surface area contributed by atoms with Crippen LogP contribution < -0.4 is 0 Å². The smallest absolute Gasteiger partial charge is 0.264 e. The van der Waals surface area contributed by atoms with E-state index in [1.54, 1.807) is 0 Å². The molecule has 23 heavy (non-hydrogen) atoms. The van der Waals surface area contributed by atoms with Gasteiger partial charge < -0.3 is 9.80 Å². The van der Waals surface area contributed by atoms with E-state index in [0.29, 0.717) is 12.5 Å². The highest BCUT2D eigenvalue weighted by atomic mass is 32.1. The zero-order chi connectivity index (χ0) is 16.0. The van der Waals surface area contributed by atoms with Crippen LogP contribution in [0.5, 0.6) is 0 Å². The fourth-order valence-electron chi connectivity index (χ4n) is 4.10. The summed E-state index contributed by atoms with van der Waals surface area (Å²) in [5.74, 6) is 1.16. The van der Waals surface area contributed by atoms with Gasteiger partial charge in [0, 0.05) is 26.2 Å². The van der Waals surface area contributed by atoms with Gasteiger partial charge in [0.2, 0.25) is 5.91 Å². The second-order valence-electron chi connectivity index (χ2n) is 7.49. The number of hydrogen-bond donors (Lipinski definition) is 0. The Kier molecular flexibility index (Phi) is 3.71. The average molecular weight is 332 g/mol. The summed E-state index contributed by atoms with van der Waals surface area (Å²) in [5, 5.41) is 1.97. The summed E-state index contributed by atoms with van der Waals surface area (Å²) < 4.78 is 0. The molecule has 1 aliphatic carbocycles. The molecular weight excluding hydrogens is 308 g/mol. The standard InChI is InChI=1S/C18H24N2O2S/c1-13-5-10-23-15(13)16(21)20-9-7-18(12-20)6-2-8-19(17(18)22)11-14-3-4-14/h5,10,14H,2-4,6-9,11-12H2,1H3/t18-/m0/s1. The lowest BCUT2D eigenvalue weighted by molar-refractivity contribution is -0.145. The zero-order valence-corrected chi connectivity index (χ0v) is 14.5. The third kappa shape index (κ3) is 2.69. The van der Waals surface area contributed by atoms with Gasteiger partial charge in [0.25, 0.3) is 5.91 Å². The monoisotopic (exact) mass is 332 g/mol. The van der Waals surface area contributed by atoms with Gasteiger partial charge in [-0.2, -0.15) is 0 Å². The number of hydrogen-bond acceptors (Lipinski definition) is 3. The third-order valence-corrected chi connectivity index (χ3v) is 6.70. The topological polar surface area (TPSA) is 40.6 Å². The molecule has 2 amide bonds. The predicted molar refractivity (Wildman–Crippen MR) is 90.5 cm³/mol. The van der Waals surface area contributed by atoms with Gasteiger partial charge in [0.1, 0.15) is 0 Å². The Morgan fingerprint density at radius 2 is 2.17 bits per heavy atom. The molecule has 3 fully saturated rings. The number of amides is 2. The molecule has 0 bridgehead atoms. The van der Waals surface area contributed by atoms with Crippen molar-refractivity contribution in [2.75, 3.05) is 26.2 Å². The molecule has 0 N–H and O–H groups in total. The van der Waals surface area contributed by atoms with Crippen molar-refractivity contribution in [3.63, 3.8) is 0 Å². The van der Waals surface area contributed by atoms with Gasteiger partial charge in [-0.3, -0.25) is 9.59 Å². The Morgan fingerprint density at radius 1 is 1.35 bits per heavy atom. The number of carbonyl (C=O) groups excluding carboxylic acids is 2. The van der Waals surface area contributed by atoms with Crippen molar-refractivity contribution in [1.29, 1.82) is 0 Å². The van der Waals surface area contributed by atoms with Crippen molar-refractivity contribution in [2.45, 2.75) is 39.0 Å². The minimum Gasteiger partial charge on any atom is -0.342 e. The second-order valence-corrected chi connectivity index (χ2v) is 8.40. The molecule has 124 valence electrons. The van der Waals surface area contributed by atoms with E-state index in [2.05, 4.69) is 4.90 Å². The molecule has 3 aliphatic rings. The van der Waals surface area contributed by atoms with Crippen LogP contribution in [0, 0.1) is 18.3 Å². The molecular formula is C18H24N2O2S. The van der Waals surface area contributed by atoms with Gasteiger partial charge in [-0.05, 0) is 62.0 Å². The number of nitrogens with zero attached hydrogens (tertiary/aromatic N) is 2. The van der Waals surface area contributed by atoms with Crippen molar-refractivity contribution >= 4 is 23.2 Å². The maximum atomic E-state index is 13.0. The summed E-state index contributed by atoms with van der Waals surface area (Å²) in [6.07, 6.45) is 5.42. The fourth-order valence-corrected chi connectivity index (χ4v) is 4.99. The lowest BCUT2D eigenvalue weighted by Crippen LogP contribution is -2.50. The summed E-state index contributed by atoms with van der Waals surface area (Å²) in [5.41, 5.74) is 0.750. The molecule has 1 atom stereocenters. The van der Waals surface area contributed by atoms with Crippen LogP contribution in [0.1, 0.15) is 47.3 Å². The van der Waals surface area contributed by atoms with E-state index in [1.807, 2.05) is 23.3 Å². The Bertz CT molecular complexity index is 637. The zero-order valence-electron chi connectivity index (χ0n) is 13.7. The highest BCUT2D eigenvalue weighted by molar-refractivity contribution is 7.12. The largest absolute Gasteiger partial charge is 0.342 e. The third-order valence-electron chi connectivity index (χ3n) is 5.70. The molecule has 3 heterocycles. The number of thiophene rings is 1. The van der Waals surface area contributed by atoms with E-state index in [0.717, 1.165) is 55.3 Å². The number of carbonyl (C=O) groups is 2. The number of aryl methyl sites for hydroxylation is 1. The molecule has 0 unspecified atom stereocenters. The molecule has 1 spiro atoms. The molecule has 5 heteroatoms. The molecule has 4 nitrogen and oxygen atoms in total. The highest BCUT2D eigenvalue weighted by Crippen LogP contribution is 2.42. The minimum absolute atomic E-state index is 0.112. The Hall–Kier alpha value is -1.36. The Morgan fingerprint density at radius 3 is 2.87 bits per heavy atom. The van der Waals surface area contributed by atoms with Gasteiger partial charge in [-0.15, -0.1) is 11.3 Å². The lowest BCUT2D eigenvalue weighted by Gasteiger charge is -2.39. The predicted octanol–water partition coefficient (Wildman–Crippen LogP) is 2.92.